The van der Waals surface area contributed by atoms with Gasteiger partial charge in [-0.2, -0.15) is 0 Å². The molecule has 24 heavy (non-hydrogen) atoms. The van der Waals surface area contributed by atoms with Crippen LogP contribution in [-0.2, 0) is 13.6 Å². The molecule has 0 amide bonds. The molecule has 2 aromatic heterocycles. The zero-order valence-corrected chi connectivity index (χ0v) is 14.9. The summed E-state index contributed by atoms with van der Waals surface area (Å²) >= 11 is 0. The van der Waals surface area contributed by atoms with Gasteiger partial charge in [-0.3, -0.25) is 9.13 Å². The summed E-state index contributed by atoms with van der Waals surface area (Å²) in [6.07, 6.45) is 0. The standard InChI is InChI=1S/C17H24N6O/c1-10-11(8-19-21-18)14(10)12-6-7-13-15(20-12)22(5)16(24)23(13)9-17(2,3)4/h6-7,10-11,14H,8-9H2,1-5H3. The van der Waals surface area contributed by atoms with Crippen molar-refractivity contribution >= 4 is 11.2 Å². The number of rotatable bonds is 4. The third-order valence-corrected chi connectivity index (χ3v) is 4.89. The Morgan fingerprint density at radius 2 is 2.08 bits per heavy atom. The van der Waals surface area contributed by atoms with Crippen molar-refractivity contribution < 1.29 is 0 Å². The fourth-order valence-electron chi connectivity index (χ4n) is 3.55. The van der Waals surface area contributed by atoms with Gasteiger partial charge in [-0.25, -0.2) is 9.78 Å². The Morgan fingerprint density at radius 1 is 1.38 bits per heavy atom. The number of pyridine rings is 1. The maximum atomic E-state index is 12.6. The van der Waals surface area contributed by atoms with Crippen molar-refractivity contribution in [3.05, 3.63) is 38.8 Å². The second-order valence-electron chi connectivity index (χ2n) is 8.03. The third kappa shape index (κ3) is 2.80. The van der Waals surface area contributed by atoms with Crippen LogP contribution in [0.5, 0.6) is 0 Å². The highest BCUT2D eigenvalue weighted by molar-refractivity contribution is 5.72. The number of hydrogen-bond acceptors (Lipinski definition) is 3. The molecule has 0 radical (unpaired) electrons. The normalized spacial score (nSPS) is 23.3. The summed E-state index contributed by atoms with van der Waals surface area (Å²) in [4.78, 5) is 20.2. The molecule has 2 aromatic rings. The number of aryl methyl sites for hydroxylation is 1. The summed E-state index contributed by atoms with van der Waals surface area (Å²) in [5.74, 6) is 1.11. The lowest BCUT2D eigenvalue weighted by Gasteiger charge is -2.18. The molecule has 0 saturated heterocycles. The number of nitrogens with zero attached hydrogens (tertiary/aromatic N) is 6. The molecule has 0 spiro atoms. The molecule has 7 heteroatoms. The molecule has 3 rings (SSSR count). The number of azide groups is 1. The van der Waals surface area contributed by atoms with E-state index in [-0.39, 0.29) is 11.1 Å². The smallest absolute Gasteiger partial charge is 0.290 e. The van der Waals surface area contributed by atoms with Crippen molar-refractivity contribution in [2.24, 2.45) is 29.4 Å². The zero-order valence-electron chi connectivity index (χ0n) is 14.9. The Morgan fingerprint density at radius 3 is 2.71 bits per heavy atom. The van der Waals surface area contributed by atoms with Gasteiger partial charge in [0.2, 0.25) is 0 Å². The van der Waals surface area contributed by atoms with Crippen molar-refractivity contribution in [3.63, 3.8) is 0 Å². The number of imidazole rings is 1. The van der Waals surface area contributed by atoms with Gasteiger partial charge < -0.3 is 0 Å². The Hall–Kier alpha value is -2.27. The van der Waals surface area contributed by atoms with Gasteiger partial charge in [0.1, 0.15) is 0 Å². The average Bonchev–Trinajstić information content (AvgIpc) is 3.11. The molecule has 1 aliphatic carbocycles. The van der Waals surface area contributed by atoms with Crippen LogP contribution in [0.4, 0.5) is 0 Å². The Bertz CT molecular complexity index is 881. The maximum Gasteiger partial charge on any atom is 0.330 e. The van der Waals surface area contributed by atoms with Crippen LogP contribution in [0.2, 0.25) is 0 Å². The molecule has 7 nitrogen and oxygen atoms in total. The molecule has 0 bridgehead atoms. The molecule has 1 saturated carbocycles. The topological polar surface area (TPSA) is 88.6 Å². The monoisotopic (exact) mass is 328 g/mol. The summed E-state index contributed by atoms with van der Waals surface area (Å²) in [5, 5.41) is 3.69. The molecule has 128 valence electrons. The molecule has 2 heterocycles. The third-order valence-electron chi connectivity index (χ3n) is 4.89. The van der Waals surface area contributed by atoms with E-state index < -0.39 is 0 Å². The first-order chi connectivity index (χ1) is 11.2. The van der Waals surface area contributed by atoms with Crippen molar-refractivity contribution in [1.82, 2.24) is 14.1 Å². The highest BCUT2D eigenvalue weighted by atomic mass is 16.1. The van der Waals surface area contributed by atoms with Crippen LogP contribution < -0.4 is 5.69 Å². The minimum Gasteiger partial charge on any atom is -0.290 e. The summed E-state index contributed by atoms with van der Waals surface area (Å²) in [6.45, 7) is 9.66. The molecule has 3 unspecified atom stereocenters. The van der Waals surface area contributed by atoms with E-state index in [1.807, 2.05) is 12.1 Å². The second kappa shape index (κ2) is 5.67. The van der Waals surface area contributed by atoms with E-state index in [2.05, 4.69) is 37.7 Å². The van der Waals surface area contributed by atoms with Crippen LogP contribution in [0.15, 0.2) is 22.0 Å². The van der Waals surface area contributed by atoms with Gasteiger partial charge in [0.25, 0.3) is 0 Å². The van der Waals surface area contributed by atoms with Crippen LogP contribution in [-0.4, -0.2) is 20.7 Å². The first-order valence-corrected chi connectivity index (χ1v) is 8.31. The van der Waals surface area contributed by atoms with E-state index in [0.29, 0.717) is 30.8 Å². The van der Waals surface area contributed by atoms with Crippen LogP contribution in [0, 0.1) is 17.3 Å². The summed E-state index contributed by atoms with van der Waals surface area (Å²) in [6, 6.07) is 4.01. The Balaban J connectivity index is 2.00. The molecule has 3 atom stereocenters. The first kappa shape index (κ1) is 16.6. The van der Waals surface area contributed by atoms with E-state index in [1.54, 1.807) is 16.2 Å². The Labute approximate surface area is 140 Å². The van der Waals surface area contributed by atoms with Gasteiger partial charge in [0.15, 0.2) is 5.65 Å². The molecule has 1 aliphatic rings. The van der Waals surface area contributed by atoms with Crippen LogP contribution in [0.3, 0.4) is 0 Å². The predicted molar refractivity (Wildman–Crippen MR) is 93.8 cm³/mol. The van der Waals surface area contributed by atoms with Gasteiger partial charge >= 0.3 is 5.69 Å². The number of aromatic nitrogens is 3. The van der Waals surface area contributed by atoms with Gasteiger partial charge in [-0.15, -0.1) is 0 Å². The van der Waals surface area contributed by atoms with Crippen molar-refractivity contribution in [2.45, 2.75) is 40.2 Å². The van der Waals surface area contributed by atoms with Gasteiger partial charge in [-0.05, 0) is 34.9 Å². The lowest BCUT2D eigenvalue weighted by molar-refractivity contribution is 0.342. The maximum absolute atomic E-state index is 12.6. The first-order valence-electron chi connectivity index (χ1n) is 8.31. The Kier molecular flexibility index (Phi) is 3.92. The van der Waals surface area contributed by atoms with E-state index in [9.17, 15) is 4.79 Å². The lowest BCUT2D eigenvalue weighted by Crippen LogP contribution is -2.27. The zero-order chi connectivity index (χ0) is 17.6. The van der Waals surface area contributed by atoms with Crippen LogP contribution in [0.25, 0.3) is 21.6 Å². The lowest BCUT2D eigenvalue weighted by atomic mass is 9.97. The van der Waals surface area contributed by atoms with Gasteiger partial charge in [0.05, 0.1) is 5.52 Å². The molecule has 0 aliphatic heterocycles. The minimum atomic E-state index is -0.0287. The van der Waals surface area contributed by atoms with Gasteiger partial charge in [-0.1, -0.05) is 32.8 Å². The van der Waals surface area contributed by atoms with Crippen LogP contribution in [0.1, 0.15) is 39.3 Å². The van der Waals surface area contributed by atoms with E-state index in [4.69, 9.17) is 10.5 Å². The van der Waals surface area contributed by atoms with E-state index in [0.717, 1.165) is 16.9 Å². The molecule has 0 N–H and O–H groups in total. The molecule has 0 aromatic carbocycles. The van der Waals surface area contributed by atoms with E-state index >= 15 is 0 Å². The summed E-state index contributed by atoms with van der Waals surface area (Å²) in [7, 11) is 1.77. The fraction of sp³-hybridized carbons (Fsp3) is 0.647. The molecular weight excluding hydrogens is 304 g/mol. The van der Waals surface area contributed by atoms with Crippen molar-refractivity contribution in [3.8, 4) is 0 Å². The van der Waals surface area contributed by atoms with E-state index in [1.165, 1.54) is 0 Å². The molecular formula is C17H24N6O. The fourth-order valence-corrected chi connectivity index (χ4v) is 3.55. The summed E-state index contributed by atoms with van der Waals surface area (Å²) < 4.78 is 3.43. The number of fused-ring (bicyclic) bond motifs is 1. The predicted octanol–water partition coefficient (Wildman–Crippen LogP) is 3.44. The average molecular weight is 328 g/mol. The molecule has 1 fully saturated rings. The van der Waals surface area contributed by atoms with Crippen molar-refractivity contribution in [1.29, 1.82) is 0 Å². The summed E-state index contributed by atoms with van der Waals surface area (Å²) in [5.41, 5.74) is 11.1. The van der Waals surface area contributed by atoms with Gasteiger partial charge in [0, 0.05) is 36.7 Å². The van der Waals surface area contributed by atoms with Crippen LogP contribution >= 0.6 is 0 Å². The largest absolute Gasteiger partial charge is 0.330 e. The quantitative estimate of drug-likeness (QED) is 0.489. The van der Waals surface area contributed by atoms with Crippen molar-refractivity contribution in [2.75, 3.05) is 6.54 Å². The highest BCUT2D eigenvalue weighted by Crippen LogP contribution is 2.53. The second-order valence-corrected chi connectivity index (χ2v) is 8.03. The SMILES string of the molecule is CC1C(CN=[N+]=[N-])C1c1ccc2c(n1)n(C)c(=O)n2CC(C)(C)C. The minimum absolute atomic E-state index is 0.0161. The highest BCUT2D eigenvalue weighted by Gasteiger charge is 2.47. The number of hydrogen-bond donors (Lipinski definition) is 0.